The van der Waals surface area contributed by atoms with Crippen molar-refractivity contribution in [2.75, 3.05) is 12.4 Å². The van der Waals surface area contributed by atoms with Crippen molar-refractivity contribution in [3.8, 4) is 11.4 Å². The molecule has 1 aromatic carbocycles. The van der Waals surface area contributed by atoms with Gasteiger partial charge in [-0.2, -0.15) is 5.10 Å². The average molecular weight is 422 g/mol. The quantitative estimate of drug-likeness (QED) is 0.484. The van der Waals surface area contributed by atoms with Crippen LogP contribution in [0.2, 0.25) is 5.02 Å². The van der Waals surface area contributed by atoms with Crippen LogP contribution < -0.4 is 10.1 Å². The third-order valence-corrected chi connectivity index (χ3v) is 4.96. The van der Waals surface area contributed by atoms with E-state index in [0.717, 1.165) is 12.1 Å². The molecule has 30 heavy (non-hydrogen) atoms. The standard InChI is InChI=1S/C22H20ClN5O2/c1-30-20-15-19(27-10-2-3-11-27)18(23)14-17(20)22(29)25-21-7-13-28(26-21)12-6-16-4-8-24-9-5-16/h2-5,7-11,13-15H,6,12H2,1H3,(H,25,26,29). The molecule has 0 bridgehead atoms. The van der Waals surface area contributed by atoms with Crippen molar-refractivity contribution >= 4 is 23.3 Å². The highest BCUT2D eigenvalue weighted by molar-refractivity contribution is 6.33. The van der Waals surface area contributed by atoms with Gasteiger partial charge in [-0.1, -0.05) is 11.6 Å². The number of carbonyl (C=O) groups excluding carboxylic acids is 1. The van der Waals surface area contributed by atoms with Crippen LogP contribution >= 0.6 is 11.6 Å². The van der Waals surface area contributed by atoms with E-state index in [0.29, 0.717) is 28.7 Å². The van der Waals surface area contributed by atoms with Gasteiger partial charge in [0.25, 0.3) is 5.91 Å². The maximum atomic E-state index is 12.8. The number of anilines is 1. The Labute approximate surface area is 178 Å². The van der Waals surface area contributed by atoms with E-state index in [4.69, 9.17) is 16.3 Å². The van der Waals surface area contributed by atoms with Crippen LogP contribution in [0.3, 0.4) is 0 Å². The third-order valence-electron chi connectivity index (χ3n) is 4.66. The van der Waals surface area contributed by atoms with Crippen LogP contribution in [0, 0.1) is 0 Å². The Balaban J connectivity index is 1.47. The van der Waals surface area contributed by atoms with Gasteiger partial charge in [-0.15, -0.1) is 0 Å². The molecule has 8 heteroatoms. The molecule has 3 aromatic heterocycles. The molecule has 0 atom stereocenters. The summed E-state index contributed by atoms with van der Waals surface area (Å²) in [4.78, 5) is 16.8. The zero-order valence-corrected chi connectivity index (χ0v) is 17.1. The van der Waals surface area contributed by atoms with Crippen molar-refractivity contribution in [1.82, 2.24) is 19.3 Å². The summed E-state index contributed by atoms with van der Waals surface area (Å²) in [6, 6.07) is 12.8. The van der Waals surface area contributed by atoms with Gasteiger partial charge in [0.05, 0.1) is 23.4 Å². The number of pyridine rings is 1. The summed E-state index contributed by atoms with van der Waals surface area (Å²) in [6.45, 7) is 0.695. The molecule has 7 nitrogen and oxygen atoms in total. The van der Waals surface area contributed by atoms with Crippen molar-refractivity contribution in [3.05, 3.63) is 89.6 Å². The number of ether oxygens (including phenoxy) is 1. The lowest BCUT2D eigenvalue weighted by Gasteiger charge is -2.13. The van der Waals surface area contributed by atoms with Gasteiger partial charge < -0.3 is 14.6 Å². The van der Waals surface area contributed by atoms with Gasteiger partial charge in [0.2, 0.25) is 0 Å². The lowest BCUT2D eigenvalue weighted by molar-refractivity contribution is 0.102. The number of carbonyl (C=O) groups is 1. The summed E-state index contributed by atoms with van der Waals surface area (Å²) in [6.07, 6.45) is 9.93. The summed E-state index contributed by atoms with van der Waals surface area (Å²) in [7, 11) is 1.52. The molecule has 0 radical (unpaired) electrons. The lowest BCUT2D eigenvalue weighted by atomic mass is 10.1. The molecule has 0 fully saturated rings. The monoisotopic (exact) mass is 421 g/mol. The van der Waals surface area contributed by atoms with Crippen LogP contribution in [-0.4, -0.2) is 32.3 Å². The first-order valence-electron chi connectivity index (χ1n) is 9.38. The van der Waals surface area contributed by atoms with Crippen molar-refractivity contribution in [2.45, 2.75) is 13.0 Å². The highest BCUT2D eigenvalue weighted by Crippen LogP contribution is 2.30. The van der Waals surface area contributed by atoms with Crippen molar-refractivity contribution in [2.24, 2.45) is 0 Å². The fraction of sp³-hybridized carbons (Fsp3) is 0.136. The van der Waals surface area contributed by atoms with E-state index < -0.39 is 0 Å². The molecule has 1 amide bonds. The summed E-state index contributed by atoms with van der Waals surface area (Å²) in [5.41, 5.74) is 2.24. The molecular formula is C22H20ClN5O2. The number of aromatic nitrogens is 4. The fourth-order valence-corrected chi connectivity index (χ4v) is 3.37. The maximum absolute atomic E-state index is 12.8. The van der Waals surface area contributed by atoms with Gasteiger partial charge in [-0.3, -0.25) is 14.5 Å². The number of nitrogens with one attached hydrogen (secondary N) is 1. The van der Waals surface area contributed by atoms with E-state index in [1.807, 2.05) is 47.4 Å². The summed E-state index contributed by atoms with van der Waals surface area (Å²) in [5.74, 6) is 0.548. The molecule has 0 saturated carbocycles. The van der Waals surface area contributed by atoms with Gasteiger partial charge in [-0.05, 0) is 42.3 Å². The number of methoxy groups -OCH3 is 1. The third kappa shape index (κ3) is 4.36. The van der Waals surface area contributed by atoms with Crippen LogP contribution in [-0.2, 0) is 13.0 Å². The number of nitrogens with zero attached hydrogens (tertiary/aromatic N) is 4. The number of halogens is 1. The first kappa shape index (κ1) is 19.7. The Hall–Kier alpha value is -3.58. The molecule has 0 saturated heterocycles. The van der Waals surface area contributed by atoms with Gasteiger partial charge in [0.15, 0.2) is 5.82 Å². The largest absolute Gasteiger partial charge is 0.496 e. The average Bonchev–Trinajstić information content (AvgIpc) is 3.45. The molecule has 0 unspecified atom stereocenters. The number of hydrogen-bond acceptors (Lipinski definition) is 4. The normalized spacial score (nSPS) is 10.7. The molecule has 4 aromatic rings. The number of benzene rings is 1. The topological polar surface area (TPSA) is 74.0 Å². The van der Waals surface area contributed by atoms with Crippen molar-refractivity contribution < 1.29 is 9.53 Å². The van der Waals surface area contributed by atoms with E-state index in [2.05, 4.69) is 15.4 Å². The predicted molar refractivity (Wildman–Crippen MR) is 115 cm³/mol. The Morgan fingerprint density at radius 1 is 1.13 bits per heavy atom. The zero-order valence-electron chi connectivity index (χ0n) is 16.3. The van der Waals surface area contributed by atoms with Crippen LogP contribution in [0.25, 0.3) is 5.69 Å². The molecule has 0 spiro atoms. The van der Waals surface area contributed by atoms with Crippen LogP contribution in [0.5, 0.6) is 5.75 Å². The molecule has 4 rings (SSSR count). The minimum Gasteiger partial charge on any atom is -0.496 e. The first-order valence-corrected chi connectivity index (χ1v) is 9.76. The van der Waals surface area contributed by atoms with Gasteiger partial charge in [0.1, 0.15) is 5.75 Å². The maximum Gasteiger partial charge on any atom is 0.260 e. The SMILES string of the molecule is COc1cc(-n2cccc2)c(Cl)cc1C(=O)Nc1ccn(CCc2ccncc2)n1. The minimum atomic E-state index is -0.341. The van der Waals surface area contributed by atoms with Crippen LogP contribution in [0.15, 0.2) is 73.4 Å². The Morgan fingerprint density at radius 3 is 2.63 bits per heavy atom. The van der Waals surface area contributed by atoms with Crippen LogP contribution in [0.4, 0.5) is 5.82 Å². The fourth-order valence-electron chi connectivity index (χ4n) is 3.11. The van der Waals surface area contributed by atoms with Crippen molar-refractivity contribution in [1.29, 1.82) is 0 Å². The first-order chi connectivity index (χ1) is 14.6. The van der Waals surface area contributed by atoms with E-state index >= 15 is 0 Å². The zero-order chi connectivity index (χ0) is 20.9. The highest BCUT2D eigenvalue weighted by Gasteiger charge is 2.17. The van der Waals surface area contributed by atoms with Gasteiger partial charge >= 0.3 is 0 Å². The molecule has 0 aliphatic rings. The molecule has 0 aliphatic carbocycles. The van der Waals surface area contributed by atoms with E-state index in [9.17, 15) is 4.79 Å². The smallest absolute Gasteiger partial charge is 0.260 e. The number of hydrogen-bond donors (Lipinski definition) is 1. The van der Waals surface area contributed by atoms with Crippen molar-refractivity contribution in [3.63, 3.8) is 0 Å². The second-order valence-electron chi connectivity index (χ2n) is 6.62. The predicted octanol–water partition coefficient (Wildman–Crippen LogP) is 4.23. The molecular weight excluding hydrogens is 402 g/mol. The van der Waals surface area contributed by atoms with Crippen LogP contribution in [0.1, 0.15) is 15.9 Å². The van der Waals surface area contributed by atoms with Gasteiger partial charge in [0, 0.05) is 49.7 Å². The highest BCUT2D eigenvalue weighted by atomic mass is 35.5. The number of aryl methyl sites for hydroxylation is 2. The minimum absolute atomic E-state index is 0.338. The lowest BCUT2D eigenvalue weighted by Crippen LogP contribution is -2.14. The second-order valence-corrected chi connectivity index (χ2v) is 7.03. The summed E-state index contributed by atoms with van der Waals surface area (Å²) >= 11 is 6.42. The molecule has 152 valence electrons. The Kier molecular flexibility index (Phi) is 5.81. The van der Waals surface area contributed by atoms with E-state index in [-0.39, 0.29) is 5.91 Å². The Bertz CT molecular complexity index is 1140. The molecule has 1 N–H and O–H groups in total. The molecule has 3 heterocycles. The van der Waals surface area contributed by atoms with Gasteiger partial charge in [-0.25, -0.2) is 0 Å². The number of amides is 1. The second kappa shape index (κ2) is 8.84. The summed E-state index contributed by atoms with van der Waals surface area (Å²) in [5, 5.41) is 7.67. The summed E-state index contributed by atoms with van der Waals surface area (Å²) < 4.78 is 9.07. The number of rotatable bonds is 7. The van der Waals surface area contributed by atoms with E-state index in [1.165, 1.54) is 12.7 Å². The molecule has 0 aliphatic heterocycles. The Morgan fingerprint density at radius 2 is 1.90 bits per heavy atom. The van der Waals surface area contributed by atoms with E-state index in [1.54, 1.807) is 35.3 Å².